The Morgan fingerprint density at radius 2 is 1.16 bits per heavy atom. The first-order chi connectivity index (χ1) is 15.2. The molecule has 1 aliphatic heterocycles. The molecule has 0 unspecified atom stereocenters. The van der Waals surface area contributed by atoms with E-state index in [1.807, 2.05) is 0 Å². The standard InChI is InChI=1S/C22H37N5O.2ClH.Mn/c1-28-18-12-16-14-25-21-8-4-2-6-19(21)23-10-11-24-20-7-3-5-9-22(20)26-15-17(13-18)27-16;;;/h12-13,19-26H,2-11,14-15H2,1H3;2*1H;/q;;;+2/p-2/t19-,20-,21-,22-;;;/m1.../s1. The van der Waals surface area contributed by atoms with Crippen LogP contribution in [0, 0.1) is 0 Å². The number of rotatable bonds is 1. The van der Waals surface area contributed by atoms with Crippen LogP contribution in [0.25, 0.3) is 0 Å². The van der Waals surface area contributed by atoms with Gasteiger partial charge in [-0.15, -0.1) is 0 Å². The Bertz CT molecular complexity index is 608. The van der Waals surface area contributed by atoms with Gasteiger partial charge >= 0.3 is 33.3 Å². The average Bonchev–Trinajstić information content (AvgIpc) is 2.80. The van der Waals surface area contributed by atoms with Gasteiger partial charge in [-0.3, -0.25) is 4.98 Å². The van der Waals surface area contributed by atoms with Crippen molar-refractivity contribution in [3.05, 3.63) is 23.5 Å². The van der Waals surface area contributed by atoms with Crippen LogP contribution in [0.4, 0.5) is 0 Å². The van der Waals surface area contributed by atoms with Gasteiger partial charge in [0, 0.05) is 62.5 Å². The van der Waals surface area contributed by atoms with Crippen molar-refractivity contribution in [3.63, 3.8) is 0 Å². The second-order valence-corrected chi connectivity index (χ2v) is 10.7. The number of pyridine rings is 1. The first-order valence-electron chi connectivity index (χ1n) is 11.6. The van der Waals surface area contributed by atoms with Gasteiger partial charge in [-0.25, -0.2) is 0 Å². The molecule has 0 radical (unpaired) electrons. The minimum atomic E-state index is 0.00694. The summed E-state index contributed by atoms with van der Waals surface area (Å²) in [5.74, 6) is 0.907. The molecule has 0 aromatic carbocycles. The van der Waals surface area contributed by atoms with Gasteiger partial charge in [0.2, 0.25) is 0 Å². The monoisotopic (exact) mass is 512 g/mol. The fourth-order valence-electron chi connectivity index (χ4n) is 5.14. The van der Waals surface area contributed by atoms with Gasteiger partial charge in [-0.05, 0) is 25.7 Å². The SMILES string of the molecule is COc1cc2nc(c1)CN[C@@H]1CCCC[C@H]1NCCN[C@@H]1CCCC[C@H]1NC2.[Cl][Mn][Cl]. The normalized spacial score (nSPS) is 29.8. The molecule has 1 aromatic rings. The molecule has 4 atom stereocenters. The van der Waals surface area contributed by atoms with Gasteiger partial charge in [0.25, 0.3) is 0 Å². The van der Waals surface area contributed by atoms with Crippen molar-refractivity contribution in [1.82, 2.24) is 26.3 Å². The maximum atomic E-state index is 5.55. The Labute approximate surface area is 201 Å². The van der Waals surface area contributed by atoms with Crippen LogP contribution in [-0.2, 0) is 26.2 Å². The Balaban J connectivity index is 0.000000858. The molecule has 177 valence electrons. The molecule has 2 heterocycles. The van der Waals surface area contributed by atoms with E-state index in [1.165, 1.54) is 51.4 Å². The van der Waals surface area contributed by atoms with Gasteiger partial charge in [-0.2, -0.15) is 0 Å². The molecule has 31 heavy (non-hydrogen) atoms. The minimum absolute atomic E-state index is 0.00694. The third-order valence-corrected chi connectivity index (χ3v) is 6.70. The fraction of sp³-hybridized carbons (Fsp3) is 0.773. The molecular formula is C22H37Cl2MnN5O. The summed E-state index contributed by atoms with van der Waals surface area (Å²) in [6.07, 6.45) is 10.3. The number of methoxy groups -OCH3 is 1. The summed E-state index contributed by atoms with van der Waals surface area (Å²) >= 11 is 0.00694. The zero-order valence-corrected chi connectivity index (χ0v) is 21.1. The second-order valence-electron chi connectivity index (χ2n) is 8.71. The molecule has 2 saturated carbocycles. The zero-order valence-electron chi connectivity index (χ0n) is 18.4. The van der Waals surface area contributed by atoms with E-state index >= 15 is 0 Å². The van der Waals surface area contributed by atoms with Crippen molar-refractivity contribution in [1.29, 1.82) is 0 Å². The second kappa shape index (κ2) is 14.2. The van der Waals surface area contributed by atoms with Crippen LogP contribution in [0.1, 0.15) is 62.8 Å². The van der Waals surface area contributed by atoms with E-state index in [4.69, 9.17) is 29.9 Å². The van der Waals surface area contributed by atoms with Crippen molar-refractivity contribution in [3.8, 4) is 5.75 Å². The molecule has 6 nitrogen and oxygen atoms in total. The zero-order chi connectivity index (χ0) is 21.9. The molecule has 9 heteroatoms. The Kier molecular flexibility index (Phi) is 11.7. The number of nitrogens with zero attached hydrogens (tertiary/aromatic N) is 1. The summed E-state index contributed by atoms with van der Waals surface area (Å²) < 4.78 is 5.55. The van der Waals surface area contributed by atoms with Gasteiger partial charge < -0.3 is 26.0 Å². The van der Waals surface area contributed by atoms with Crippen molar-refractivity contribution >= 4 is 20.2 Å². The number of aromatic nitrogens is 1. The summed E-state index contributed by atoms with van der Waals surface area (Å²) in [6, 6.07) is 6.32. The fourth-order valence-corrected chi connectivity index (χ4v) is 5.14. The third-order valence-electron chi connectivity index (χ3n) is 6.70. The maximum absolute atomic E-state index is 5.55. The summed E-state index contributed by atoms with van der Waals surface area (Å²) in [4.78, 5) is 4.92. The van der Waals surface area contributed by atoms with Gasteiger partial charge in [-0.1, -0.05) is 25.7 Å². The number of ether oxygens (including phenoxy) is 1. The number of halogens is 2. The van der Waals surface area contributed by atoms with Crippen LogP contribution in [0.5, 0.6) is 5.75 Å². The Morgan fingerprint density at radius 3 is 1.55 bits per heavy atom. The van der Waals surface area contributed by atoms with Gasteiger partial charge in [0.15, 0.2) is 0 Å². The molecule has 4 rings (SSSR count). The summed E-state index contributed by atoms with van der Waals surface area (Å²) in [5.41, 5.74) is 2.15. The summed E-state index contributed by atoms with van der Waals surface area (Å²) in [6.45, 7) is 3.70. The van der Waals surface area contributed by atoms with Gasteiger partial charge in [0.05, 0.1) is 18.5 Å². The first-order valence-corrected chi connectivity index (χ1v) is 14.8. The molecule has 0 saturated heterocycles. The predicted octanol–water partition coefficient (Wildman–Crippen LogP) is 3.46. The molecule has 1 aromatic heterocycles. The Morgan fingerprint density at radius 1 is 0.774 bits per heavy atom. The van der Waals surface area contributed by atoms with E-state index in [0.717, 1.165) is 43.3 Å². The van der Waals surface area contributed by atoms with E-state index in [1.54, 1.807) is 7.11 Å². The third kappa shape index (κ3) is 8.31. The molecule has 2 aliphatic carbocycles. The number of hydrogen-bond donors (Lipinski definition) is 4. The van der Waals surface area contributed by atoms with Gasteiger partial charge in [0.1, 0.15) is 5.75 Å². The first kappa shape index (κ1) is 25.5. The molecule has 0 amide bonds. The van der Waals surface area contributed by atoms with Crippen molar-refractivity contribution in [2.24, 2.45) is 0 Å². The number of nitrogens with one attached hydrogen (secondary N) is 4. The summed E-state index contributed by atoms with van der Waals surface area (Å²) in [5, 5.41) is 15.2. The number of fused-ring (bicyclic) bond motifs is 4. The van der Waals surface area contributed by atoms with E-state index in [2.05, 4.69) is 33.4 Å². The van der Waals surface area contributed by atoms with Crippen LogP contribution < -0.4 is 26.0 Å². The number of hydrogen-bond acceptors (Lipinski definition) is 6. The van der Waals surface area contributed by atoms with Crippen LogP contribution in [-0.4, -0.2) is 49.4 Å². The molecule has 2 fully saturated rings. The van der Waals surface area contributed by atoms with Crippen molar-refractivity contribution < 1.29 is 17.9 Å². The molecular weight excluding hydrogens is 476 g/mol. The van der Waals surface area contributed by atoms with Crippen molar-refractivity contribution in [2.45, 2.75) is 88.6 Å². The van der Waals surface area contributed by atoms with Crippen LogP contribution in [0.3, 0.4) is 0 Å². The predicted molar refractivity (Wildman–Crippen MR) is 124 cm³/mol. The molecule has 3 aliphatic rings. The molecule has 4 N–H and O–H groups in total. The van der Waals surface area contributed by atoms with E-state index < -0.39 is 0 Å². The molecule has 2 bridgehead atoms. The average molecular weight is 513 g/mol. The van der Waals surface area contributed by atoms with Crippen molar-refractivity contribution in [2.75, 3.05) is 20.2 Å². The van der Waals surface area contributed by atoms with Crippen LogP contribution in [0.2, 0.25) is 0 Å². The Hall–Kier alpha value is -0.111. The summed E-state index contributed by atoms with van der Waals surface area (Å²) in [7, 11) is 11.3. The topological polar surface area (TPSA) is 70.2 Å². The quantitative estimate of drug-likeness (QED) is 0.432. The van der Waals surface area contributed by atoms with Crippen LogP contribution in [0.15, 0.2) is 12.1 Å². The van der Waals surface area contributed by atoms with E-state index in [9.17, 15) is 0 Å². The van der Waals surface area contributed by atoms with E-state index in [-0.39, 0.29) is 13.1 Å². The van der Waals surface area contributed by atoms with Crippen LogP contribution >= 0.6 is 20.2 Å². The van der Waals surface area contributed by atoms with E-state index in [0.29, 0.717) is 24.2 Å². The molecule has 0 spiro atoms.